The molecule has 21 heavy (non-hydrogen) atoms. The molecule has 2 rings (SSSR count). The Hall–Kier alpha value is -1.39. The second-order valence-corrected chi connectivity index (χ2v) is 6.18. The number of carbonyl (C=O) groups excluding carboxylic acids is 1. The highest BCUT2D eigenvalue weighted by Crippen LogP contribution is 2.14. The zero-order valence-electron chi connectivity index (χ0n) is 13.4. The average Bonchev–Trinajstić information content (AvgIpc) is 2.50. The molecule has 4 heteroatoms. The summed E-state index contributed by atoms with van der Waals surface area (Å²) in [6.07, 6.45) is 1.05. The van der Waals surface area contributed by atoms with Gasteiger partial charge in [0.2, 0.25) is 5.91 Å². The first kappa shape index (κ1) is 16.0. The monoisotopic (exact) mass is 289 g/mol. The SMILES string of the molecule is CC(C)C(=O)Nc1ccc(CC(C)N2CCNCC2)cc1. The van der Waals surface area contributed by atoms with Gasteiger partial charge in [0.15, 0.2) is 0 Å². The van der Waals surface area contributed by atoms with E-state index in [4.69, 9.17) is 0 Å². The van der Waals surface area contributed by atoms with Gasteiger partial charge in [0.25, 0.3) is 0 Å². The summed E-state index contributed by atoms with van der Waals surface area (Å²) in [4.78, 5) is 14.2. The molecular weight excluding hydrogens is 262 g/mol. The van der Waals surface area contributed by atoms with Crippen LogP contribution in [0.25, 0.3) is 0 Å². The maximum atomic E-state index is 11.7. The van der Waals surface area contributed by atoms with E-state index in [1.165, 1.54) is 5.56 Å². The molecule has 1 amide bonds. The summed E-state index contributed by atoms with van der Waals surface area (Å²) in [6, 6.07) is 8.80. The van der Waals surface area contributed by atoms with Crippen molar-refractivity contribution in [3.8, 4) is 0 Å². The van der Waals surface area contributed by atoms with E-state index < -0.39 is 0 Å². The van der Waals surface area contributed by atoms with Gasteiger partial charge in [-0.1, -0.05) is 26.0 Å². The van der Waals surface area contributed by atoms with Crippen molar-refractivity contribution in [3.63, 3.8) is 0 Å². The van der Waals surface area contributed by atoms with Crippen molar-refractivity contribution in [2.45, 2.75) is 33.2 Å². The molecule has 1 fully saturated rings. The van der Waals surface area contributed by atoms with Crippen LogP contribution in [0.4, 0.5) is 5.69 Å². The molecule has 0 saturated carbocycles. The number of hydrogen-bond acceptors (Lipinski definition) is 3. The lowest BCUT2D eigenvalue weighted by Gasteiger charge is -2.32. The summed E-state index contributed by atoms with van der Waals surface area (Å²) in [7, 11) is 0. The van der Waals surface area contributed by atoms with E-state index in [0.29, 0.717) is 6.04 Å². The lowest BCUT2D eigenvalue weighted by Crippen LogP contribution is -2.48. The maximum absolute atomic E-state index is 11.7. The topological polar surface area (TPSA) is 44.4 Å². The van der Waals surface area contributed by atoms with Crippen LogP contribution in [0.2, 0.25) is 0 Å². The van der Waals surface area contributed by atoms with Crippen LogP contribution >= 0.6 is 0 Å². The van der Waals surface area contributed by atoms with Crippen molar-refractivity contribution in [2.75, 3.05) is 31.5 Å². The molecule has 1 aliphatic rings. The molecule has 2 N–H and O–H groups in total. The highest BCUT2D eigenvalue weighted by Gasteiger charge is 2.16. The Morgan fingerprint density at radius 1 is 1.19 bits per heavy atom. The van der Waals surface area contributed by atoms with Crippen LogP contribution in [0.1, 0.15) is 26.3 Å². The molecule has 1 unspecified atom stereocenters. The summed E-state index contributed by atoms with van der Waals surface area (Å²) < 4.78 is 0. The first-order valence-electron chi connectivity index (χ1n) is 7.91. The molecule has 0 radical (unpaired) electrons. The molecule has 1 aromatic rings. The van der Waals surface area contributed by atoms with Crippen LogP contribution in [0.15, 0.2) is 24.3 Å². The van der Waals surface area contributed by atoms with Crippen molar-refractivity contribution >= 4 is 11.6 Å². The minimum atomic E-state index is 0.0115. The Kier molecular flexibility index (Phi) is 5.76. The second-order valence-electron chi connectivity index (χ2n) is 6.18. The van der Waals surface area contributed by atoms with Gasteiger partial charge in [0, 0.05) is 43.8 Å². The third kappa shape index (κ3) is 4.83. The van der Waals surface area contributed by atoms with Crippen molar-refractivity contribution in [2.24, 2.45) is 5.92 Å². The predicted octanol–water partition coefficient (Wildman–Crippen LogP) is 2.12. The van der Waals surface area contributed by atoms with E-state index >= 15 is 0 Å². The van der Waals surface area contributed by atoms with Crippen molar-refractivity contribution in [1.29, 1.82) is 0 Å². The number of hydrogen-bond donors (Lipinski definition) is 2. The first-order valence-corrected chi connectivity index (χ1v) is 7.91. The molecule has 4 nitrogen and oxygen atoms in total. The number of amides is 1. The van der Waals surface area contributed by atoms with E-state index in [9.17, 15) is 4.79 Å². The number of piperazine rings is 1. The Morgan fingerprint density at radius 2 is 1.81 bits per heavy atom. The van der Waals surface area contributed by atoms with E-state index in [-0.39, 0.29) is 11.8 Å². The largest absolute Gasteiger partial charge is 0.326 e. The summed E-state index contributed by atoms with van der Waals surface area (Å²) in [5, 5.41) is 6.31. The molecule has 1 aliphatic heterocycles. The minimum absolute atomic E-state index is 0.0115. The quantitative estimate of drug-likeness (QED) is 0.872. The van der Waals surface area contributed by atoms with E-state index in [0.717, 1.165) is 38.3 Å². The Bertz CT molecular complexity index is 450. The highest BCUT2D eigenvalue weighted by molar-refractivity contribution is 5.92. The van der Waals surface area contributed by atoms with Crippen LogP contribution in [0.5, 0.6) is 0 Å². The van der Waals surface area contributed by atoms with Crippen LogP contribution < -0.4 is 10.6 Å². The molecule has 0 bridgehead atoms. The molecule has 0 aliphatic carbocycles. The molecule has 1 saturated heterocycles. The number of anilines is 1. The van der Waals surface area contributed by atoms with Gasteiger partial charge in [-0.25, -0.2) is 0 Å². The molecule has 1 heterocycles. The van der Waals surface area contributed by atoms with Crippen LogP contribution in [0, 0.1) is 5.92 Å². The van der Waals surface area contributed by atoms with Gasteiger partial charge in [0.1, 0.15) is 0 Å². The third-order valence-corrected chi connectivity index (χ3v) is 4.05. The van der Waals surface area contributed by atoms with Crippen LogP contribution in [0.3, 0.4) is 0 Å². The van der Waals surface area contributed by atoms with Crippen molar-refractivity contribution in [3.05, 3.63) is 29.8 Å². The van der Waals surface area contributed by atoms with Gasteiger partial charge in [0.05, 0.1) is 0 Å². The zero-order valence-corrected chi connectivity index (χ0v) is 13.4. The molecular formula is C17H27N3O. The van der Waals surface area contributed by atoms with E-state index in [2.05, 4.69) is 34.6 Å². The number of nitrogens with zero attached hydrogens (tertiary/aromatic N) is 1. The van der Waals surface area contributed by atoms with Crippen molar-refractivity contribution < 1.29 is 4.79 Å². The second kappa shape index (κ2) is 7.57. The molecule has 1 atom stereocenters. The highest BCUT2D eigenvalue weighted by atomic mass is 16.1. The van der Waals surface area contributed by atoms with Crippen molar-refractivity contribution in [1.82, 2.24) is 10.2 Å². The molecule has 0 spiro atoms. The fourth-order valence-corrected chi connectivity index (χ4v) is 2.60. The van der Waals surface area contributed by atoms with Crippen LogP contribution in [-0.2, 0) is 11.2 Å². The zero-order chi connectivity index (χ0) is 15.2. The predicted molar refractivity (Wildman–Crippen MR) is 87.5 cm³/mol. The number of rotatable bonds is 5. The summed E-state index contributed by atoms with van der Waals surface area (Å²) in [5.74, 6) is 0.0781. The van der Waals surface area contributed by atoms with E-state index in [1.54, 1.807) is 0 Å². The van der Waals surface area contributed by atoms with Gasteiger partial charge in [-0.2, -0.15) is 0 Å². The maximum Gasteiger partial charge on any atom is 0.226 e. The normalized spacial score (nSPS) is 17.7. The standard InChI is InChI=1S/C17H27N3O/c1-13(2)17(21)19-16-6-4-15(5-7-16)12-14(3)20-10-8-18-9-11-20/h4-7,13-14,18H,8-12H2,1-3H3,(H,19,21). The van der Waals surface area contributed by atoms with Gasteiger partial charge >= 0.3 is 0 Å². The number of benzene rings is 1. The Balaban J connectivity index is 1.88. The fourth-order valence-electron chi connectivity index (χ4n) is 2.60. The van der Waals surface area contributed by atoms with Crippen LogP contribution in [-0.4, -0.2) is 43.0 Å². The van der Waals surface area contributed by atoms with Gasteiger partial charge < -0.3 is 10.6 Å². The summed E-state index contributed by atoms with van der Waals surface area (Å²) in [6.45, 7) is 10.5. The third-order valence-electron chi connectivity index (χ3n) is 4.05. The first-order chi connectivity index (χ1) is 10.1. The molecule has 0 aromatic heterocycles. The smallest absolute Gasteiger partial charge is 0.226 e. The van der Waals surface area contributed by atoms with E-state index in [1.807, 2.05) is 26.0 Å². The number of carbonyl (C=O) groups is 1. The lowest BCUT2D eigenvalue weighted by molar-refractivity contribution is -0.118. The fraction of sp³-hybridized carbons (Fsp3) is 0.588. The van der Waals surface area contributed by atoms with Gasteiger partial charge in [-0.3, -0.25) is 9.69 Å². The summed E-state index contributed by atoms with van der Waals surface area (Å²) in [5.41, 5.74) is 2.20. The Morgan fingerprint density at radius 3 is 2.38 bits per heavy atom. The molecule has 116 valence electrons. The Labute approximate surface area is 127 Å². The lowest BCUT2D eigenvalue weighted by atomic mass is 10.0. The van der Waals surface area contributed by atoms with Gasteiger partial charge in [-0.05, 0) is 31.0 Å². The minimum Gasteiger partial charge on any atom is -0.326 e. The molecule has 1 aromatic carbocycles. The van der Waals surface area contributed by atoms with Gasteiger partial charge in [-0.15, -0.1) is 0 Å². The average molecular weight is 289 g/mol. The number of nitrogens with one attached hydrogen (secondary N) is 2. The summed E-state index contributed by atoms with van der Waals surface area (Å²) >= 11 is 0.